The largest absolute Gasteiger partial charge is 0.507 e. The monoisotopic (exact) mass is 353 g/mol. The van der Waals surface area contributed by atoms with E-state index >= 15 is 0 Å². The third-order valence-electron chi connectivity index (χ3n) is 2.61. The predicted octanol–water partition coefficient (Wildman–Crippen LogP) is 3.24. The lowest BCUT2D eigenvalue weighted by atomic mass is 10.1. The summed E-state index contributed by atoms with van der Waals surface area (Å²) in [5.74, 6) is -2.91. The third-order valence-corrected chi connectivity index (χ3v) is 3.07. The number of benzene rings is 2. The van der Waals surface area contributed by atoms with Gasteiger partial charge in [0.1, 0.15) is 17.1 Å². The van der Waals surface area contributed by atoms with Gasteiger partial charge in [-0.2, -0.15) is 0 Å². The van der Waals surface area contributed by atoms with Crippen LogP contribution >= 0.6 is 15.9 Å². The number of carboxylic acids is 1. The Morgan fingerprint density at radius 3 is 2.43 bits per heavy atom. The number of carbonyl (C=O) groups is 2. The zero-order chi connectivity index (χ0) is 15.6. The van der Waals surface area contributed by atoms with Crippen molar-refractivity contribution >= 4 is 33.5 Å². The number of hydrogen-bond donors (Lipinski definition) is 3. The number of carbonyl (C=O) groups excluding carboxylic acids is 1. The van der Waals surface area contributed by atoms with Crippen molar-refractivity contribution < 1.29 is 24.2 Å². The molecule has 0 aliphatic carbocycles. The summed E-state index contributed by atoms with van der Waals surface area (Å²) in [6.45, 7) is 0. The molecular weight excluding hydrogens is 345 g/mol. The van der Waals surface area contributed by atoms with Crippen molar-refractivity contribution in [3.8, 4) is 5.75 Å². The van der Waals surface area contributed by atoms with Crippen molar-refractivity contribution in [2.75, 3.05) is 5.32 Å². The van der Waals surface area contributed by atoms with Crippen molar-refractivity contribution in [2.45, 2.75) is 0 Å². The highest BCUT2D eigenvalue weighted by atomic mass is 79.9. The molecule has 2 aromatic rings. The molecule has 108 valence electrons. The molecule has 1 amide bonds. The minimum absolute atomic E-state index is 0.0867. The molecule has 0 bridgehead atoms. The van der Waals surface area contributed by atoms with E-state index in [1.807, 2.05) is 0 Å². The molecule has 0 saturated carbocycles. The van der Waals surface area contributed by atoms with Crippen molar-refractivity contribution in [3.63, 3.8) is 0 Å². The first-order chi connectivity index (χ1) is 9.86. The fraction of sp³-hybridized carbons (Fsp3) is 0. The van der Waals surface area contributed by atoms with Gasteiger partial charge in [-0.15, -0.1) is 0 Å². The minimum Gasteiger partial charge on any atom is -0.507 e. The van der Waals surface area contributed by atoms with Crippen LogP contribution in [0.15, 0.2) is 40.9 Å². The maximum absolute atomic E-state index is 13.2. The molecule has 2 rings (SSSR count). The Morgan fingerprint density at radius 1 is 1.14 bits per heavy atom. The van der Waals surface area contributed by atoms with E-state index in [0.717, 1.165) is 18.2 Å². The second kappa shape index (κ2) is 5.92. The second-order valence-electron chi connectivity index (χ2n) is 4.15. The quantitative estimate of drug-likeness (QED) is 0.790. The second-order valence-corrected chi connectivity index (χ2v) is 5.07. The van der Waals surface area contributed by atoms with Gasteiger partial charge in [0, 0.05) is 21.8 Å². The van der Waals surface area contributed by atoms with Crippen LogP contribution in [0.1, 0.15) is 20.7 Å². The molecule has 0 fully saturated rings. The summed E-state index contributed by atoms with van der Waals surface area (Å²) in [4.78, 5) is 22.7. The maximum atomic E-state index is 13.2. The summed E-state index contributed by atoms with van der Waals surface area (Å²) in [7, 11) is 0. The summed E-state index contributed by atoms with van der Waals surface area (Å²) >= 11 is 3.08. The van der Waals surface area contributed by atoms with E-state index < -0.39 is 23.4 Å². The first-order valence-corrected chi connectivity index (χ1v) is 6.50. The summed E-state index contributed by atoms with van der Waals surface area (Å²) in [5, 5.41) is 20.8. The molecule has 0 radical (unpaired) electrons. The third kappa shape index (κ3) is 3.57. The normalized spacial score (nSPS) is 10.2. The maximum Gasteiger partial charge on any atom is 0.339 e. The average molecular weight is 354 g/mol. The Hall–Kier alpha value is -2.41. The Balaban J connectivity index is 2.23. The fourth-order valence-corrected chi connectivity index (χ4v) is 2.14. The molecule has 0 unspecified atom stereocenters. The van der Waals surface area contributed by atoms with Crippen LogP contribution in [0.2, 0.25) is 0 Å². The molecule has 0 saturated heterocycles. The van der Waals surface area contributed by atoms with Gasteiger partial charge in [0.2, 0.25) is 0 Å². The summed E-state index contributed by atoms with van der Waals surface area (Å²) in [5.41, 5.74) is 0.00746. The lowest BCUT2D eigenvalue weighted by molar-refractivity contribution is 0.0693. The van der Waals surface area contributed by atoms with Crippen LogP contribution in [0.25, 0.3) is 0 Å². The first-order valence-electron chi connectivity index (χ1n) is 5.70. The van der Waals surface area contributed by atoms with Crippen LogP contribution in [0.3, 0.4) is 0 Å². The fourth-order valence-electron chi connectivity index (χ4n) is 1.68. The van der Waals surface area contributed by atoms with E-state index in [9.17, 15) is 19.1 Å². The zero-order valence-corrected chi connectivity index (χ0v) is 12.0. The standard InChI is InChI=1S/C14H9BrFNO4/c15-8-3-7(4-9(16)5-8)13(19)17-10-1-2-11(14(20)21)12(18)6-10/h1-6,18H,(H,17,19)(H,20,21). The van der Waals surface area contributed by atoms with Crippen LogP contribution < -0.4 is 5.32 Å². The highest BCUT2D eigenvalue weighted by molar-refractivity contribution is 9.10. The number of amides is 1. The number of halogens is 2. The van der Waals surface area contributed by atoms with Gasteiger partial charge in [0.15, 0.2) is 0 Å². The van der Waals surface area contributed by atoms with E-state index in [2.05, 4.69) is 21.2 Å². The molecule has 3 N–H and O–H groups in total. The molecule has 2 aromatic carbocycles. The number of rotatable bonds is 3. The SMILES string of the molecule is O=C(Nc1ccc(C(=O)O)c(O)c1)c1cc(F)cc(Br)c1. The van der Waals surface area contributed by atoms with Gasteiger partial charge in [-0.1, -0.05) is 15.9 Å². The van der Waals surface area contributed by atoms with Gasteiger partial charge in [0.25, 0.3) is 5.91 Å². The Bertz CT molecular complexity index is 713. The highest BCUT2D eigenvalue weighted by Gasteiger charge is 2.12. The smallest absolute Gasteiger partial charge is 0.339 e. The number of carboxylic acid groups (broad SMARTS) is 1. The average Bonchev–Trinajstić information content (AvgIpc) is 2.37. The lowest BCUT2D eigenvalue weighted by Gasteiger charge is -2.07. The van der Waals surface area contributed by atoms with Crippen LogP contribution in [0.5, 0.6) is 5.75 Å². The van der Waals surface area contributed by atoms with Gasteiger partial charge in [-0.25, -0.2) is 9.18 Å². The van der Waals surface area contributed by atoms with Crippen LogP contribution in [0, 0.1) is 5.82 Å². The van der Waals surface area contributed by atoms with Crippen LogP contribution in [0.4, 0.5) is 10.1 Å². The van der Waals surface area contributed by atoms with Crippen molar-refractivity contribution in [2.24, 2.45) is 0 Å². The van der Waals surface area contributed by atoms with Crippen LogP contribution in [-0.2, 0) is 0 Å². The Morgan fingerprint density at radius 2 is 1.86 bits per heavy atom. The topological polar surface area (TPSA) is 86.6 Å². The Kier molecular flexibility index (Phi) is 4.23. The number of anilines is 1. The molecule has 0 aliphatic heterocycles. The molecular formula is C14H9BrFNO4. The molecule has 0 aromatic heterocycles. The number of nitrogens with one attached hydrogen (secondary N) is 1. The number of phenols is 1. The molecule has 5 nitrogen and oxygen atoms in total. The van der Waals surface area contributed by atoms with Gasteiger partial charge >= 0.3 is 5.97 Å². The van der Waals surface area contributed by atoms with Gasteiger partial charge in [0.05, 0.1) is 0 Å². The summed E-state index contributed by atoms with van der Waals surface area (Å²) in [6, 6.07) is 7.31. The zero-order valence-electron chi connectivity index (χ0n) is 10.4. The van der Waals surface area contributed by atoms with Crippen LogP contribution in [-0.4, -0.2) is 22.1 Å². The van der Waals surface area contributed by atoms with Gasteiger partial charge in [-0.05, 0) is 30.3 Å². The van der Waals surface area contributed by atoms with Gasteiger partial charge in [-0.3, -0.25) is 4.79 Å². The highest BCUT2D eigenvalue weighted by Crippen LogP contribution is 2.23. The van der Waals surface area contributed by atoms with Crippen molar-refractivity contribution in [3.05, 3.63) is 57.8 Å². The molecule has 0 atom stereocenters. The number of aromatic carboxylic acids is 1. The predicted molar refractivity (Wildman–Crippen MR) is 77.1 cm³/mol. The molecule has 21 heavy (non-hydrogen) atoms. The summed E-state index contributed by atoms with van der Waals surface area (Å²) < 4.78 is 13.6. The molecule has 0 aliphatic rings. The van der Waals surface area contributed by atoms with E-state index in [-0.39, 0.29) is 16.8 Å². The van der Waals surface area contributed by atoms with Crippen molar-refractivity contribution in [1.82, 2.24) is 0 Å². The lowest BCUT2D eigenvalue weighted by Crippen LogP contribution is -2.12. The number of hydrogen-bond acceptors (Lipinski definition) is 3. The van der Waals surface area contributed by atoms with E-state index in [1.165, 1.54) is 18.2 Å². The van der Waals surface area contributed by atoms with E-state index in [1.54, 1.807) is 0 Å². The van der Waals surface area contributed by atoms with E-state index in [4.69, 9.17) is 5.11 Å². The van der Waals surface area contributed by atoms with Gasteiger partial charge < -0.3 is 15.5 Å². The summed E-state index contributed by atoms with van der Waals surface area (Å²) in [6.07, 6.45) is 0. The molecule has 0 spiro atoms. The molecule has 7 heteroatoms. The van der Waals surface area contributed by atoms with E-state index in [0.29, 0.717) is 4.47 Å². The minimum atomic E-state index is -1.28. The number of aromatic hydroxyl groups is 1. The Labute approximate surface area is 127 Å². The first kappa shape index (κ1) is 15.0. The van der Waals surface area contributed by atoms with Crippen molar-refractivity contribution in [1.29, 1.82) is 0 Å². The molecule has 0 heterocycles.